The third-order valence-corrected chi connectivity index (χ3v) is 4.40. The molecule has 7 heteroatoms. The average Bonchev–Trinajstić information content (AvgIpc) is 2.66. The van der Waals surface area contributed by atoms with Crippen molar-refractivity contribution in [2.75, 3.05) is 7.11 Å². The van der Waals surface area contributed by atoms with Crippen LogP contribution in [0.1, 0.15) is 23.6 Å². The van der Waals surface area contributed by atoms with Crippen LogP contribution in [0.2, 0.25) is 5.02 Å². The van der Waals surface area contributed by atoms with Crippen LogP contribution in [0.5, 0.6) is 0 Å². The Morgan fingerprint density at radius 1 is 1.15 bits per heavy atom. The maximum atomic E-state index is 11.0. The quantitative estimate of drug-likeness (QED) is 0.284. The molecule has 0 unspecified atom stereocenters. The molecule has 0 atom stereocenters. The summed E-state index contributed by atoms with van der Waals surface area (Å²) in [5.74, 6) is 0.147. The van der Waals surface area contributed by atoms with E-state index in [9.17, 15) is 4.79 Å². The topological polar surface area (TPSA) is 60.2 Å². The Labute approximate surface area is 162 Å². The molecule has 136 valence electrons. The van der Waals surface area contributed by atoms with E-state index in [1.165, 1.54) is 19.1 Å². The predicted molar refractivity (Wildman–Crippen MR) is 107 cm³/mol. The third-order valence-electron chi connectivity index (χ3n) is 3.46. The van der Waals surface area contributed by atoms with Crippen LogP contribution >= 0.6 is 23.5 Å². The van der Waals surface area contributed by atoms with Gasteiger partial charge in [0.05, 0.1) is 12.8 Å². The molecule has 2 aromatic carbocycles. The van der Waals surface area contributed by atoms with Crippen LogP contribution in [-0.4, -0.2) is 25.0 Å². The molecule has 0 aliphatic rings. The fourth-order valence-electron chi connectivity index (χ4n) is 2.02. The first-order valence-electron chi connectivity index (χ1n) is 7.82. The van der Waals surface area contributed by atoms with E-state index in [1.54, 1.807) is 0 Å². The van der Waals surface area contributed by atoms with Crippen molar-refractivity contribution < 1.29 is 14.4 Å². The summed E-state index contributed by atoms with van der Waals surface area (Å²) in [4.78, 5) is 16.5. The van der Waals surface area contributed by atoms with Gasteiger partial charge in [-0.1, -0.05) is 53.2 Å². The molecule has 0 aliphatic carbocycles. The summed E-state index contributed by atoms with van der Waals surface area (Å²) in [6.45, 7) is 2.23. The van der Waals surface area contributed by atoms with Gasteiger partial charge < -0.3 is 9.57 Å². The molecule has 5 nitrogen and oxygen atoms in total. The van der Waals surface area contributed by atoms with Gasteiger partial charge in [0.15, 0.2) is 0 Å². The number of hydrogen-bond acceptors (Lipinski definition) is 6. The van der Waals surface area contributed by atoms with E-state index in [0.717, 1.165) is 28.6 Å². The molecule has 0 saturated heterocycles. The lowest BCUT2D eigenvalue weighted by Crippen LogP contribution is -2.00. The summed E-state index contributed by atoms with van der Waals surface area (Å²) in [6, 6.07) is 15.3. The zero-order chi connectivity index (χ0) is 18.8. The van der Waals surface area contributed by atoms with Gasteiger partial charge in [-0.25, -0.2) is 9.19 Å². The average molecular weight is 391 g/mol. The number of nitrogens with zero attached hydrogens (tertiary/aromatic N) is 2. The minimum absolute atomic E-state index is 0.350. The highest BCUT2D eigenvalue weighted by atomic mass is 35.5. The van der Waals surface area contributed by atoms with Crippen LogP contribution in [0.15, 0.2) is 58.1 Å². The highest BCUT2D eigenvalue weighted by Gasteiger charge is 2.04. The normalized spacial score (nSPS) is 11.6. The van der Waals surface area contributed by atoms with Crippen molar-refractivity contribution in [1.29, 1.82) is 0 Å². The van der Waals surface area contributed by atoms with Crippen LogP contribution in [0.25, 0.3) is 0 Å². The molecule has 0 radical (unpaired) electrons. The van der Waals surface area contributed by atoms with E-state index < -0.39 is 5.97 Å². The summed E-state index contributed by atoms with van der Waals surface area (Å²) >= 11 is 7.15. The molecule has 0 fully saturated rings. The summed E-state index contributed by atoms with van der Waals surface area (Å²) in [6.07, 6.45) is 1.16. The van der Waals surface area contributed by atoms with E-state index in [2.05, 4.69) is 14.3 Å². The summed E-state index contributed by atoms with van der Waals surface area (Å²) in [5, 5.41) is 4.85. The molecule has 0 aliphatic heterocycles. The van der Waals surface area contributed by atoms with Gasteiger partial charge in [-0.15, -0.1) is 0 Å². The first-order chi connectivity index (χ1) is 12.6. The number of benzene rings is 2. The fourth-order valence-corrected chi connectivity index (χ4v) is 2.80. The minimum Gasteiger partial charge on any atom is -0.465 e. The molecular weight excluding hydrogens is 372 g/mol. The van der Waals surface area contributed by atoms with Crippen molar-refractivity contribution in [2.24, 2.45) is 9.55 Å². The highest BCUT2D eigenvalue weighted by Crippen LogP contribution is 2.18. The molecule has 26 heavy (non-hydrogen) atoms. The second kappa shape index (κ2) is 10.6. The number of carbonyl (C=O) groups excluding carboxylic acids is 1. The van der Waals surface area contributed by atoms with Crippen molar-refractivity contribution in [3.63, 3.8) is 0 Å². The summed E-state index contributed by atoms with van der Waals surface area (Å²) in [5.41, 5.74) is 3.81. The Balaban J connectivity index is 1.93. The van der Waals surface area contributed by atoms with Crippen LogP contribution in [0, 0.1) is 0 Å². The Kier molecular flexibility index (Phi) is 8.18. The maximum absolute atomic E-state index is 11.0. The zero-order valence-corrected chi connectivity index (χ0v) is 16.1. The van der Waals surface area contributed by atoms with Gasteiger partial charge in [-0.2, -0.15) is 0 Å². The van der Waals surface area contributed by atoms with E-state index in [1.807, 2.05) is 55.5 Å². The van der Waals surface area contributed by atoms with Crippen molar-refractivity contribution in [1.82, 2.24) is 0 Å². The Morgan fingerprint density at radius 3 is 2.54 bits per heavy atom. The molecule has 0 amide bonds. The number of ether oxygens (including phenoxy) is 1. The molecule has 0 spiro atoms. The standard InChI is InChI=1S/C19H19ClN2O3S/c1-14(15-7-9-18(20)10-8-15)22-25-12-16-5-3-4-6-17(16)13-26-21-11-19(23)24-2/h3-11H,12-13H2,1-2H3. The van der Waals surface area contributed by atoms with Crippen molar-refractivity contribution >= 4 is 41.4 Å². The number of esters is 1. The van der Waals surface area contributed by atoms with Crippen LogP contribution in [0.3, 0.4) is 0 Å². The second-order valence-corrected chi connectivity index (χ2v) is 6.45. The molecule has 0 N–H and O–H groups in total. The monoisotopic (exact) mass is 390 g/mol. The van der Waals surface area contributed by atoms with Crippen molar-refractivity contribution in [3.8, 4) is 0 Å². The van der Waals surface area contributed by atoms with Crippen molar-refractivity contribution in [3.05, 3.63) is 70.2 Å². The molecule has 2 rings (SSSR count). The lowest BCUT2D eigenvalue weighted by Gasteiger charge is -2.07. The summed E-state index contributed by atoms with van der Waals surface area (Å²) < 4.78 is 8.47. The number of rotatable bonds is 8. The van der Waals surface area contributed by atoms with E-state index in [-0.39, 0.29) is 0 Å². The van der Waals surface area contributed by atoms with Gasteiger partial charge in [-0.3, -0.25) is 0 Å². The smallest absolute Gasteiger partial charge is 0.349 e. The lowest BCUT2D eigenvalue weighted by atomic mass is 10.1. The highest BCUT2D eigenvalue weighted by molar-refractivity contribution is 7.97. The molecule has 2 aromatic rings. The largest absolute Gasteiger partial charge is 0.465 e. The second-order valence-electron chi connectivity index (χ2n) is 5.26. The summed E-state index contributed by atoms with van der Waals surface area (Å²) in [7, 11) is 1.32. The van der Waals surface area contributed by atoms with Crippen LogP contribution < -0.4 is 0 Å². The number of halogens is 1. The van der Waals surface area contributed by atoms with Gasteiger partial charge in [0.25, 0.3) is 0 Å². The first kappa shape index (κ1) is 20.0. The molecule has 0 heterocycles. The number of methoxy groups -OCH3 is 1. The van der Waals surface area contributed by atoms with Crippen LogP contribution in [-0.2, 0) is 26.7 Å². The number of hydrogen-bond donors (Lipinski definition) is 0. The number of oxime groups is 1. The van der Waals surface area contributed by atoms with E-state index in [4.69, 9.17) is 16.4 Å². The van der Waals surface area contributed by atoms with Gasteiger partial charge in [0, 0.05) is 10.8 Å². The van der Waals surface area contributed by atoms with Gasteiger partial charge >= 0.3 is 5.97 Å². The Morgan fingerprint density at radius 2 is 1.85 bits per heavy atom. The van der Waals surface area contributed by atoms with Crippen LogP contribution in [0.4, 0.5) is 0 Å². The Bertz CT molecular complexity index is 792. The van der Waals surface area contributed by atoms with Gasteiger partial charge in [0.1, 0.15) is 12.8 Å². The maximum Gasteiger partial charge on any atom is 0.349 e. The van der Waals surface area contributed by atoms with Crippen molar-refractivity contribution in [2.45, 2.75) is 19.3 Å². The Hall–Kier alpha value is -2.31. The third kappa shape index (κ3) is 6.54. The SMILES string of the molecule is COC(=O)C=NSCc1ccccc1CON=C(C)c1ccc(Cl)cc1. The molecular formula is C19H19ClN2O3S. The molecule has 0 saturated carbocycles. The molecule has 0 aromatic heterocycles. The predicted octanol–water partition coefficient (Wildman–Crippen LogP) is 4.67. The fraction of sp³-hybridized carbons (Fsp3) is 0.211. The van der Waals surface area contributed by atoms with E-state index >= 15 is 0 Å². The van der Waals surface area contributed by atoms with E-state index in [0.29, 0.717) is 17.4 Å². The minimum atomic E-state index is -0.471. The first-order valence-corrected chi connectivity index (χ1v) is 9.14. The molecule has 0 bridgehead atoms. The van der Waals surface area contributed by atoms with Gasteiger partial charge in [0.2, 0.25) is 0 Å². The zero-order valence-electron chi connectivity index (χ0n) is 14.5. The van der Waals surface area contributed by atoms with Gasteiger partial charge in [-0.05, 0) is 47.7 Å². The lowest BCUT2D eigenvalue weighted by molar-refractivity contribution is -0.132. The number of carbonyl (C=O) groups is 1.